The van der Waals surface area contributed by atoms with Gasteiger partial charge in [0.25, 0.3) is 0 Å². The molecule has 0 N–H and O–H groups in total. The molecule has 2 aromatic heterocycles. The maximum atomic E-state index is 13.1. The Labute approximate surface area is 189 Å². The van der Waals surface area contributed by atoms with Gasteiger partial charge in [-0.25, -0.2) is 13.4 Å². The molecule has 0 radical (unpaired) electrons. The average molecular weight is 458 g/mol. The molecule has 1 aliphatic rings. The lowest BCUT2D eigenvalue weighted by molar-refractivity contribution is -0.130. The van der Waals surface area contributed by atoms with Crippen LogP contribution in [0.2, 0.25) is 0 Å². The molecule has 1 fully saturated rings. The van der Waals surface area contributed by atoms with E-state index in [9.17, 15) is 13.2 Å². The van der Waals surface area contributed by atoms with Gasteiger partial charge in [0.2, 0.25) is 15.7 Å². The Morgan fingerprint density at radius 2 is 1.84 bits per heavy atom. The van der Waals surface area contributed by atoms with Gasteiger partial charge >= 0.3 is 0 Å². The number of carbonyl (C=O) groups excluding carboxylic acids is 1. The number of amides is 1. The number of hydrogen-bond acceptors (Lipinski definition) is 5. The molecular formula is C23H31N5O3S. The van der Waals surface area contributed by atoms with E-state index in [1.807, 2.05) is 11.0 Å². The first-order valence-electron chi connectivity index (χ1n) is 11.0. The van der Waals surface area contributed by atoms with Crippen molar-refractivity contribution in [2.75, 3.05) is 13.1 Å². The Morgan fingerprint density at radius 1 is 1.16 bits per heavy atom. The lowest BCUT2D eigenvalue weighted by Gasteiger charge is -2.32. The Morgan fingerprint density at radius 3 is 2.41 bits per heavy atom. The zero-order valence-corrected chi connectivity index (χ0v) is 20.2. The van der Waals surface area contributed by atoms with E-state index in [0.29, 0.717) is 11.4 Å². The molecule has 1 saturated heterocycles. The first-order valence-corrected chi connectivity index (χ1v) is 12.4. The molecule has 1 aliphatic heterocycles. The number of rotatable bonds is 4. The van der Waals surface area contributed by atoms with E-state index >= 15 is 0 Å². The van der Waals surface area contributed by atoms with Crippen molar-refractivity contribution in [1.82, 2.24) is 24.2 Å². The van der Waals surface area contributed by atoms with Gasteiger partial charge in [-0.05, 0) is 37.0 Å². The third kappa shape index (κ3) is 4.18. The maximum Gasteiger partial charge on any atom is 0.219 e. The van der Waals surface area contributed by atoms with Crippen LogP contribution in [0, 0.1) is 5.92 Å². The molecule has 8 nitrogen and oxygen atoms in total. The SMILES string of the molecule is CC(=O)N1CCC(Cn2c(C(C)(C)C)nc3cc(S(=O)(=O)c4cnn(C)c4)ccc32)CC1. The highest BCUT2D eigenvalue weighted by Crippen LogP contribution is 2.31. The standard InChI is InChI=1S/C23H31N5O3S/c1-16(29)27-10-8-17(9-11-27)14-28-21-7-6-18(12-20(21)25-22(28)23(2,3)4)32(30,31)19-13-24-26(5)15-19/h6-7,12-13,15,17H,8-11,14H2,1-5H3. The largest absolute Gasteiger partial charge is 0.343 e. The van der Waals surface area contributed by atoms with Crippen molar-refractivity contribution in [3.63, 3.8) is 0 Å². The van der Waals surface area contributed by atoms with Gasteiger partial charge in [-0.1, -0.05) is 20.8 Å². The minimum atomic E-state index is -3.66. The van der Waals surface area contributed by atoms with Crippen LogP contribution < -0.4 is 0 Å². The van der Waals surface area contributed by atoms with Crippen LogP contribution in [0.5, 0.6) is 0 Å². The molecule has 4 rings (SSSR count). The minimum Gasteiger partial charge on any atom is -0.343 e. The summed E-state index contributed by atoms with van der Waals surface area (Å²) in [7, 11) is -1.97. The number of hydrogen-bond donors (Lipinski definition) is 0. The van der Waals surface area contributed by atoms with Gasteiger partial charge in [-0.2, -0.15) is 5.10 Å². The van der Waals surface area contributed by atoms with Crippen molar-refractivity contribution in [3.8, 4) is 0 Å². The molecule has 3 aromatic rings. The summed E-state index contributed by atoms with van der Waals surface area (Å²) < 4.78 is 29.8. The summed E-state index contributed by atoms with van der Waals surface area (Å²) in [5.74, 6) is 1.52. The second-order valence-corrected chi connectivity index (χ2v) is 11.7. The Balaban J connectivity index is 1.70. The predicted molar refractivity (Wildman–Crippen MR) is 122 cm³/mol. The predicted octanol–water partition coefficient (Wildman–Crippen LogP) is 3.16. The highest BCUT2D eigenvalue weighted by Gasteiger charge is 2.28. The summed E-state index contributed by atoms with van der Waals surface area (Å²) in [6.45, 7) is 10.4. The molecule has 0 atom stereocenters. The molecule has 0 bridgehead atoms. The van der Waals surface area contributed by atoms with Crippen molar-refractivity contribution >= 4 is 26.8 Å². The van der Waals surface area contributed by atoms with Gasteiger partial charge in [0.15, 0.2) is 0 Å². The summed E-state index contributed by atoms with van der Waals surface area (Å²) >= 11 is 0. The number of piperidine rings is 1. The molecule has 1 aromatic carbocycles. The number of benzene rings is 1. The van der Waals surface area contributed by atoms with Gasteiger partial charge in [-0.3, -0.25) is 9.48 Å². The van der Waals surface area contributed by atoms with Gasteiger partial charge in [-0.15, -0.1) is 0 Å². The molecule has 172 valence electrons. The fraction of sp³-hybridized carbons (Fsp3) is 0.522. The van der Waals surface area contributed by atoms with E-state index in [-0.39, 0.29) is 21.1 Å². The van der Waals surface area contributed by atoms with Crippen molar-refractivity contribution in [1.29, 1.82) is 0 Å². The van der Waals surface area contributed by atoms with Crippen LogP contribution >= 0.6 is 0 Å². The van der Waals surface area contributed by atoms with Crippen LogP contribution in [0.15, 0.2) is 40.4 Å². The smallest absolute Gasteiger partial charge is 0.219 e. The zero-order chi connectivity index (χ0) is 23.3. The fourth-order valence-corrected chi connectivity index (χ4v) is 5.66. The van der Waals surface area contributed by atoms with E-state index in [1.165, 1.54) is 17.1 Å². The van der Waals surface area contributed by atoms with E-state index < -0.39 is 9.84 Å². The van der Waals surface area contributed by atoms with Gasteiger partial charge < -0.3 is 9.47 Å². The number of likely N-dealkylation sites (tertiary alicyclic amines) is 1. The molecule has 9 heteroatoms. The molecular weight excluding hydrogens is 426 g/mol. The van der Waals surface area contributed by atoms with Crippen molar-refractivity contribution < 1.29 is 13.2 Å². The van der Waals surface area contributed by atoms with E-state index in [1.54, 1.807) is 26.1 Å². The number of aryl methyl sites for hydroxylation is 1. The number of imidazole rings is 1. The van der Waals surface area contributed by atoms with Gasteiger partial charge in [0.1, 0.15) is 10.7 Å². The molecule has 0 unspecified atom stereocenters. The van der Waals surface area contributed by atoms with Gasteiger partial charge in [0.05, 0.1) is 22.1 Å². The number of sulfone groups is 1. The minimum absolute atomic E-state index is 0.134. The summed E-state index contributed by atoms with van der Waals surface area (Å²) in [5.41, 5.74) is 1.43. The van der Waals surface area contributed by atoms with Crippen LogP contribution in [0.4, 0.5) is 0 Å². The first-order chi connectivity index (χ1) is 15.0. The lowest BCUT2D eigenvalue weighted by Crippen LogP contribution is -2.38. The molecule has 0 aliphatic carbocycles. The molecule has 3 heterocycles. The second-order valence-electron chi connectivity index (χ2n) is 9.75. The maximum absolute atomic E-state index is 13.1. The summed E-state index contributed by atoms with van der Waals surface area (Å²) in [6, 6.07) is 5.20. The van der Waals surface area contributed by atoms with Crippen LogP contribution in [0.1, 0.15) is 46.4 Å². The lowest BCUT2D eigenvalue weighted by atomic mass is 9.93. The summed E-state index contributed by atoms with van der Waals surface area (Å²) in [5, 5.41) is 4.00. The van der Waals surface area contributed by atoms with E-state index in [0.717, 1.165) is 43.8 Å². The Hall–Kier alpha value is -2.68. The monoisotopic (exact) mass is 457 g/mol. The number of fused-ring (bicyclic) bond motifs is 1. The molecule has 1 amide bonds. The number of carbonyl (C=O) groups is 1. The topological polar surface area (TPSA) is 90.1 Å². The third-order valence-electron chi connectivity index (χ3n) is 6.19. The summed E-state index contributed by atoms with van der Waals surface area (Å²) in [4.78, 5) is 18.8. The highest BCUT2D eigenvalue weighted by molar-refractivity contribution is 7.91. The van der Waals surface area contributed by atoms with Crippen LogP contribution in [-0.4, -0.2) is 51.6 Å². The Bertz CT molecular complexity index is 1260. The van der Waals surface area contributed by atoms with Crippen molar-refractivity contribution in [2.45, 2.75) is 62.3 Å². The van der Waals surface area contributed by atoms with E-state index in [4.69, 9.17) is 4.98 Å². The molecule has 32 heavy (non-hydrogen) atoms. The fourth-order valence-electron chi connectivity index (χ4n) is 4.40. The van der Waals surface area contributed by atoms with Crippen LogP contribution in [-0.2, 0) is 33.6 Å². The van der Waals surface area contributed by atoms with Crippen molar-refractivity contribution in [2.24, 2.45) is 13.0 Å². The first kappa shape index (κ1) is 22.5. The van der Waals surface area contributed by atoms with Crippen LogP contribution in [0.25, 0.3) is 11.0 Å². The Kier molecular flexibility index (Phi) is 5.65. The van der Waals surface area contributed by atoms with Crippen LogP contribution in [0.3, 0.4) is 0 Å². The normalized spacial score (nSPS) is 16.1. The molecule has 0 saturated carbocycles. The number of nitrogens with zero attached hydrogens (tertiary/aromatic N) is 5. The van der Waals surface area contributed by atoms with E-state index in [2.05, 4.69) is 30.4 Å². The number of aromatic nitrogens is 4. The van der Waals surface area contributed by atoms with Crippen molar-refractivity contribution in [3.05, 3.63) is 36.4 Å². The average Bonchev–Trinajstić information content (AvgIpc) is 3.32. The quantitative estimate of drug-likeness (QED) is 0.600. The second kappa shape index (κ2) is 8.03. The molecule has 0 spiro atoms. The summed E-state index contributed by atoms with van der Waals surface area (Å²) in [6.07, 6.45) is 4.78. The van der Waals surface area contributed by atoms with Gasteiger partial charge in [0, 0.05) is 45.2 Å². The highest BCUT2D eigenvalue weighted by atomic mass is 32.2. The third-order valence-corrected chi connectivity index (χ3v) is 7.90. The zero-order valence-electron chi connectivity index (χ0n) is 19.4.